The molecule has 3 aromatic rings. The van der Waals surface area contributed by atoms with Gasteiger partial charge in [0.25, 0.3) is 0 Å². The molecule has 0 unspecified atom stereocenters. The monoisotopic (exact) mass is 512 g/mol. The number of pyridine rings is 1. The predicted octanol–water partition coefficient (Wildman–Crippen LogP) is 2.52. The van der Waals surface area contributed by atoms with Crippen LogP contribution in [-0.2, 0) is 10.0 Å². The fraction of sp³-hybridized carbons (Fsp3) is 0.400. The van der Waals surface area contributed by atoms with Gasteiger partial charge in [-0.05, 0) is 55.3 Å². The van der Waals surface area contributed by atoms with Gasteiger partial charge in [-0.2, -0.15) is 9.29 Å². The Morgan fingerprint density at radius 2 is 1.61 bits per heavy atom. The van der Waals surface area contributed by atoms with Crippen LogP contribution in [0.25, 0.3) is 0 Å². The van der Waals surface area contributed by atoms with E-state index < -0.39 is 10.0 Å². The lowest BCUT2D eigenvalue weighted by molar-refractivity contribution is 0.267. The Morgan fingerprint density at radius 3 is 2.25 bits per heavy atom. The molecule has 0 spiro atoms. The van der Waals surface area contributed by atoms with E-state index in [0.717, 1.165) is 37.7 Å². The van der Waals surface area contributed by atoms with Crippen LogP contribution in [0.15, 0.2) is 53.8 Å². The third-order valence-corrected chi connectivity index (χ3v) is 8.39. The molecule has 3 heterocycles. The van der Waals surface area contributed by atoms with Gasteiger partial charge < -0.3 is 19.3 Å². The molecule has 0 atom stereocenters. The number of rotatable bonds is 9. The number of methoxy groups -OCH3 is 1. The summed E-state index contributed by atoms with van der Waals surface area (Å²) in [5, 5.41) is 0. The number of piperazine rings is 1. The average molecular weight is 513 g/mol. The van der Waals surface area contributed by atoms with Crippen LogP contribution in [0.4, 0.5) is 11.5 Å². The van der Waals surface area contributed by atoms with Crippen molar-refractivity contribution in [3.8, 4) is 11.8 Å². The molecule has 4 rings (SSSR count). The van der Waals surface area contributed by atoms with Gasteiger partial charge in [-0.3, -0.25) is 4.98 Å². The molecular formula is C25H32N6O4S. The summed E-state index contributed by atoms with van der Waals surface area (Å²) in [6.45, 7) is 7.20. The van der Waals surface area contributed by atoms with Crippen molar-refractivity contribution in [3.05, 3.63) is 60.0 Å². The number of hydrogen-bond donors (Lipinski definition) is 0. The maximum atomic E-state index is 13.2. The minimum Gasteiger partial charge on any atom is -0.497 e. The molecule has 0 N–H and O–H groups in total. The number of hydrogen-bond acceptors (Lipinski definition) is 9. The Kier molecular flexibility index (Phi) is 7.90. The van der Waals surface area contributed by atoms with Crippen LogP contribution in [-0.4, -0.2) is 81.2 Å². The largest absolute Gasteiger partial charge is 0.497 e. The fourth-order valence-corrected chi connectivity index (χ4v) is 5.86. The highest BCUT2D eigenvalue weighted by Gasteiger charge is 2.25. The van der Waals surface area contributed by atoms with Gasteiger partial charge in [0.1, 0.15) is 18.2 Å². The van der Waals surface area contributed by atoms with Crippen molar-refractivity contribution < 1.29 is 17.9 Å². The van der Waals surface area contributed by atoms with Gasteiger partial charge >= 0.3 is 6.01 Å². The van der Waals surface area contributed by atoms with E-state index in [0.29, 0.717) is 16.9 Å². The summed E-state index contributed by atoms with van der Waals surface area (Å²) in [6.07, 6.45) is 5.27. The van der Waals surface area contributed by atoms with Crippen LogP contribution in [0.1, 0.15) is 11.1 Å². The van der Waals surface area contributed by atoms with Crippen molar-refractivity contribution in [3.63, 3.8) is 0 Å². The van der Waals surface area contributed by atoms with E-state index in [1.807, 2.05) is 18.2 Å². The van der Waals surface area contributed by atoms with Crippen LogP contribution in [0.5, 0.6) is 11.8 Å². The Balaban J connectivity index is 1.34. The third-order valence-electron chi connectivity index (χ3n) is 6.23. The van der Waals surface area contributed by atoms with Gasteiger partial charge in [0, 0.05) is 64.0 Å². The second-order valence-electron chi connectivity index (χ2n) is 8.64. The first-order valence-electron chi connectivity index (χ1n) is 11.8. The van der Waals surface area contributed by atoms with Gasteiger partial charge in [-0.1, -0.05) is 0 Å². The summed E-state index contributed by atoms with van der Waals surface area (Å²) in [4.78, 5) is 17.6. The first-order chi connectivity index (χ1) is 17.3. The molecule has 1 saturated heterocycles. The molecule has 0 saturated carbocycles. The lowest BCUT2D eigenvalue weighted by Gasteiger charge is -2.36. The van der Waals surface area contributed by atoms with Crippen molar-refractivity contribution in [2.75, 3.05) is 63.3 Å². The number of likely N-dealkylation sites (N-methyl/N-ethyl adjacent to an activating group) is 1. The molecule has 1 fully saturated rings. The normalized spacial score (nSPS) is 14.2. The minimum atomic E-state index is -3.69. The maximum absolute atomic E-state index is 13.2. The number of nitrogens with zero attached hydrogens (tertiary/aromatic N) is 6. The lowest BCUT2D eigenvalue weighted by Crippen LogP contribution is -2.46. The summed E-state index contributed by atoms with van der Waals surface area (Å²) in [7, 11) is -0.589. The summed E-state index contributed by atoms with van der Waals surface area (Å²) in [5.74, 6) is 1.42. The Hall–Kier alpha value is -3.44. The summed E-state index contributed by atoms with van der Waals surface area (Å²) < 4.78 is 38.6. The van der Waals surface area contributed by atoms with Gasteiger partial charge in [0.2, 0.25) is 10.0 Å². The molecule has 192 valence electrons. The van der Waals surface area contributed by atoms with E-state index in [2.05, 4.69) is 24.8 Å². The smallest absolute Gasteiger partial charge is 0.318 e. The summed E-state index contributed by atoms with van der Waals surface area (Å²) in [6, 6.07) is 9.56. The van der Waals surface area contributed by atoms with E-state index in [1.165, 1.54) is 4.31 Å². The molecule has 1 aliphatic heterocycles. The van der Waals surface area contributed by atoms with Crippen LogP contribution in [0, 0.1) is 13.8 Å². The van der Waals surface area contributed by atoms with Crippen molar-refractivity contribution in [2.24, 2.45) is 0 Å². The molecule has 1 aromatic carbocycles. The zero-order valence-corrected chi connectivity index (χ0v) is 21.9. The zero-order chi connectivity index (χ0) is 25.7. The van der Waals surface area contributed by atoms with E-state index in [4.69, 9.17) is 9.47 Å². The molecule has 0 radical (unpaired) electrons. The molecule has 0 aliphatic carbocycles. The third kappa shape index (κ3) is 5.68. The number of aromatic nitrogens is 3. The zero-order valence-electron chi connectivity index (χ0n) is 21.1. The Labute approximate surface area is 212 Å². The first-order valence-corrected chi connectivity index (χ1v) is 13.2. The molecule has 1 aliphatic rings. The molecule has 0 bridgehead atoms. The van der Waals surface area contributed by atoms with E-state index in [-0.39, 0.29) is 24.1 Å². The second kappa shape index (κ2) is 11.1. The van der Waals surface area contributed by atoms with E-state index in [9.17, 15) is 8.42 Å². The second-order valence-corrected chi connectivity index (χ2v) is 10.6. The van der Waals surface area contributed by atoms with E-state index >= 15 is 0 Å². The topological polar surface area (TPSA) is 101 Å². The Morgan fingerprint density at radius 1 is 0.972 bits per heavy atom. The van der Waals surface area contributed by atoms with Crippen molar-refractivity contribution >= 4 is 21.5 Å². The van der Waals surface area contributed by atoms with Gasteiger partial charge in [0.05, 0.1) is 12.0 Å². The number of anilines is 2. The van der Waals surface area contributed by atoms with Crippen molar-refractivity contribution in [1.29, 1.82) is 0 Å². The van der Waals surface area contributed by atoms with Crippen LogP contribution >= 0.6 is 0 Å². The number of ether oxygens (including phenoxy) is 2. The van der Waals surface area contributed by atoms with Crippen molar-refractivity contribution in [1.82, 2.24) is 19.3 Å². The van der Waals surface area contributed by atoms with E-state index in [1.54, 1.807) is 58.7 Å². The van der Waals surface area contributed by atoms with Crippen LogP contribution < -0.4 is 19.3 Å². The molecule has 11 heteroatoms. The highest BCUT2D eigenvalue weighted by atomic mass is 32.2. The predicted molar refractivity (Wildman–Crippen MR) is 138 cm³/mol. The van der Waals surface area contributed by atoms with Gasteiger partial charge in [0.15, 0.2) is 0 Å². The highest BCUT2D eigenvalue weighted by Crippen LogP contribution is 2.27. The highest BCUT2D eigenvalue weighted by molar-refractivity contribution is 7.89. The molecule has 0 amide bonds. The Bertz CT molecular complexity index is 1260. The fourth-order valence-electron chi connectivity index (χ4n) is 4.30. The first kappa shape index (κ1) is 25.6. The molecule has 2 aromatic heterocycles. The van der Waals surface area contributed by atoms with Gasteiger partial charge in [-0.15, -0.1) is 0 Å². The summed E-state index contributed by atoms with van der Waals surface area (Å²) >= 11 is 0. The number of sulfonamides is 1. The van der Waals surface area contributed by atoms with Crippen LogP contribution in [0.2, 0.25) is 0 Å². The standard InChI is InChI=1S/C25H32N6O4S/c1-19-17-22(34-4)18-20(2)24(19)36(32,33)29(3)15-16-35-25-27-10-7-23(28-25)31-13-11-30(12-14-31)21-5-8-26-9-6-21/h5-10,17-18H,11-16H2,1-4H3. The average Bonchev–Trinajstić information content (AvgIpc) is 2.88. The van der Waals surface area contributed by atoms with Crippen LogP contribution in [0.3, 0.4) is 0 Å². The summed E-state index contributed by atoms with van der Waals surface area (Å²) in [5.41, 5.74) is 2.44. The number of benzene rings is 1. The number of aryl methyl sites for hydroxylation is 2. The quantitative estimate of drug-likeness (QED) is 0.428. The molecular weight excluding hydrogens is 480 g/mol. The lowest BCUT2D eigenvalue weighted by atomic mass is 10.1. The maximum Gasteiger partial charge on any atom is 0.318 e. The SMILES string of the molecule is COc1cc(C)c(S(=O)(=O)N(C)CCOc2nccc(N3CCN(c4ccncc4)CC3)n2)c(C)c1. The molecule has 36 heavy (non-hydrogen) atoms. The molecule has 10 nitrogen and oxygen atoms in total. The van der Waals surface area contributed by atoms with Gasteiger partial charge in [-0.25, -0.2) is 13.4 Å². The minimum absolute atomic E-state index is 0.128. The van der Waals surface area contributed by atoms with Crippen molar-refractivity contribution in [2.45, 2.75) is 18.7 Å².